The monoisotopic (exact) mass is 346 g/mol. The highest BCUT2D eigenvalue weighted by Crippen LogP contribution is 2.33. The second-order valence-corrected chi connectivity index (χ2v) is 5.82. The fourth-order valence-electron chi connectivity index (χ4n) is 2.95. The first-order valence-electron chi connectivity index (χ1n) is 7.95. The third-order valence-electron chi connectivity index (χ3n) is 4.17. The van der Waals surface area contributed by atoms with Crippen LogP contribution in [0.15, 0.2) is 36.4 Å². The van der Waals surface area contributed by atoms with Gasteiger partial charge in [0.15, 0.2) is 0 Å². The van der Waals surface area contributed by atoms with E-state index < -0.39 is 11.6 Å². The fraction of sp³-hybridized carbons (Fsp3) is 0.211. The van der Waals surface area contributed by atoms with Crippen LogP contribution in [0.1, 0.15) is 18.4 Å². The molecule has 2 N–H and O–H groups in total. The number of H-pyrrole nitrogens is 1. The van der Waals surface area contributed by atoms with E-state index in [9.17, 15) is 18.0 Å². The lowest BCUT2D eigenvalue weighted by molar-refractivity contribution is -0.120. The quantitative estimate of drug-likeness (QED) is 0.710. The van der Waals surface area contributed by atoms with Crippen molar-refractivity contribution in [2.75, 3.05) is 7.05 Å². The van der Waals surface area contributed by atoms with Gasteiger partial charge < -0.3 is 10.3 Å². The number of halogens is 3. The molecule has 2 aromatic carbocycles. The van der Waals surface area contributed by atoms with Crippen LogP contribution >= 0.6 is 0 Å². The number of hydrogen-bond acceptors (Lipinski definition) is 1. The van der Waals surface area contributed by atoms with Gasteiger partial charge in [0, 0.05) is 30.6 Å². The minimum Gasteiger partial charge on any atom is -0.359 e. The number of hydrogen-bond donors (Lipinski definition) is 2. The van der Waals surface area contributed by atoms with Crippen molar-refractivity contribution in [3.05, 3.63) is 59.4 Å². The molecule has 0 spiro atoms. The lowest BCUT2D eigenvalue weighted by Gasteiger charge is -2.06. The maximum atomic E-state index is 14.1. The molecule has 0 aliphatic heterocycles. The van der Waals surface area contributed by atoms with Crippen molar-refractivity contribution in [3.63, 3.8) is 0 Å². The molecule has 0 fully saturated rings. The number of benzene rings is 2. The summed E-state index contributed by atoms with van der Waals surface area (Å²) in [5.74, 6) is -1.82. The van der Waals surface area contributed by atoms with Crippen LogP contribution in [0.4, 0.5) is 13.2 Å². The number of aromatic amines is 1. The maximum absolute atomic E-state index is 14.1. The van der Waals surface area contributed by atoms with Gasteiger partial charge in [-0.2, -0.15) is 0 Å². The van der Waals surface area contributed by atoms with Crippen molar-refractivity contribution in [2.24, 2.45) is 0 Å². The van der Waals surface area contributed by atoms with Crippen LogP contribution in [0, 0.1) is 17.5 Å². The Morgan fingerprint density at radius 2 is 1.80 bits per heavy atom. The Labute approximate surface area is 142 Å². The smallest absolute Gasteiger partial charge is 0.219 e. The molecule has 0 saturated heterocycles. The van der Waals surface area contributed by atoms with Gasteiger partial charge in [-0.15, -0.1) is 0 Å². The molecule has 1 aromatic heterocycles. The van der Waals surface area contributed by atoms with E-state index in [2.05, 4.69) is 10.3 Å². The zero-order valence-corrected chi connectivity index (χ0v) is 13.6. The van der Waals surface area contributed by atoms with Gasteiger partial charge in [-0.1, -0.05) is 0 Å². The third-order valence-corrected chi connectivity index (χ3v) is 4.17. The van der Waals surface area contributed by atoms with Crippen molar-refractivity contribution in [2.45, 2.75) is 19.3 Å². The van der Waals surface area contributed by atoms with Gasteiger partial charge in [0.25, 0.3) is 0 Å². The molecule has 1 heterocycles. The first-order valence-corrected chi connectivity index (χ1v) is 7.95. The molecule has 0 unspecified atom stereocenters. The maximum Gasteiger partial charge on any atom is 0.219 e. The van der Waals surface area contributed by atoms with Crippen LogP contribution in [0.5, 0.6) is 0 Å². The fourth-order valence-corrected chi connectivity index (χ4v) is 2.95. The summed E-state index contributed by atoms with van der Waals surface area (Å²) in [6, 6.07) is 7.88. The topological polar surface area (TPSA) is 44.9 Å². The summed E-state index contributed by atoms with van der Waals surface area (Å²) in [5, 5.41) is 2.98. The molecule has 3 nitrogen and oxygen atoms in total. The van der Waals surface area contributed by atoms with E-state index in [0.717, 1.165) is 6.07 Å². The molecule has 3 rings (SSSR count). The zero-order valence-electron chi connectivity index (χ0n) is 13.6. The van der Waals surface area contributed by atoms with Gasteiger partial charge in [0.1, 0.15) is 17.5 Å². The number of carbonyl (C=O) groups is 1. The van der Waals surface area contributed by atoms with Crippen molar-refractivity contribution >= 4 is 16.8 Å². The van der Waals surface area contributed by atoms with E-state index in [-0.39, 0.29) is 17.2 Å². The number of amides is 1. The van der Waals surface area contributed by atoms with Crippen LogP contribution < -0.4 is 5.32 Å². The first-order chi connectivity index (χ1) is 12.0. The third kappa shape index (κ3) is 3.52. The molecular weight excluding hydrogens is 329 g/mol. The summed E-state index contributed by atoms with van der Waals surface area (Å²) >= 11 is 0. The highest BCUT2D eigenvalue weighted by molar-refractivity contribution is 5.91. The molecule has 0 atom stereocenters. The molecule has 25 heavy (non-hydrogen) atoms. The van der Waals surface area contributed by atoms with E-state index in [1.165, 1.54) is 18.2 Å². The van der Waals surface area contributed by atoms with E-state index in [1.54, 1.807) is 19.2 Å². The van der Waals surface area contributed by atoms with Crippen LogP contribution in [0.2, 0.25) is 0 Å². The SMILES string of the molecule is CNC(=O)CCCc1c(-c2ccc(F)cc2)[nH]c2c(F)cc(F)cc12. The Bertz CT molecular complexity index is 917. The van der Waals surface area contributed by atoms with Crippen molar-refractivity contribution in [1.82, 2.24) is 10.3 Å². The number of nitrogens with one attached hydrogen (secondary N) is 2. The Kier molecular flexibility index (Phi) is 4.79. The molecule has 130 valence electrons. The Hall–Kier alpha value is -2.76. The van der Waals surface area contributed by atoms with Gasteiger partial charge in [-0.05, 0) is 54.3 Å². The highest BCUT2D eigenvalue weighted by atomic mass is 19.1. The predicted molar refractivity (Wildman–Crippen MR) is 90.6 cm³/mol. The molecular formula is C19H17F3N2O. The van der Waals surface area contributed by atoms with Crippen LogP contribution in [0.3, 0.4) is 0 Å². The minimum atomic E-state index is -0.684. The van der Waals surface area contributed by atoms with Crippen molar-refractivity contribution in [3.8, 4) is 11.3 Å². The van der Waals surface area contributed by atoms with Gasteiger partial charge in [0.2, 0.25) is 5.91 Å². The van der Waals surface area contributed by atoms with Crippen LogP contribution in [-0.2, 0) is 11.2 Å². The van der Waals surface area contributed by atoms with Crippen molar-refractivity contribution < 1.29 is 18.0 Å². The van der Waals surface area contributed by atoms with Crippen LogP contribution in [-0.4, -0.2) is 17.9 Å². The molecule has 0 radical (unpaired) electrons. The molecule has 0 aliphatic rings. The van der Waals surface area contributed by atoms with Crippen LogP contribution in [0.25, 0.3) is 22.2 Å². The number of rotatable bonds is 5. The molecule has 0 aliphatic carbocycles. The Morgan fingerprint density at radius 3 is 2.48 bits per heavy atom. The number of aryl methyl sites for hydroxylation is 1. The summed E-state index contributed by atoms with van der Waals surface area (Å²) in [6.45, 7) is 0. The minimum absolute atomic E-state index is 0.0967. The molecule has 3 aromatic rings. The lowest BCUT2D eigenvalue weighted by atomic mass is 10.00. The average molecular weight is 346 g/mol. The van der Waals surface area contributed by atoms with Gasteiger partial charge in [0.05, 0.1) is 5.52 Å². The van der Waals surface area contributed by atoms with E-state index in [0.29, 0.717) is 41.5 Å². The summed E-state index contributed by atoms with van der Waals surface area (Å²) < 4.78 is 41.0. The summed E-state index contributed by atoms with van der Waals surface area (Å²) in [4.78, 5) is 14.4. The Morgan fingerprint density at radius 1 is 1.08 bits per heavy atom. The average Bonchev–Trinajstić information content (AvgIpc) is 2.94. The summed E-state index contributed by atoms with van der Waals surface area (Å²) in [7, 11) is 1.56. The zero-order chi connectivity index (χ0) is 18.0. The van der Waals surface area contributed by atoms with E-state index in [4.69, 9.17) is 0 Å². The van der Waals surface area contributed by atoms with Crippen molar-refractivity contribution in [1.29, 1.82) is 0 Å². The normalized spacial score (nSPS) is 11.0. The number of fused-ring (bicyclic) bond motifs is 1. The summed E-state index contributed by atoms with van der Waals surface area (Å²) in [6.07, 6.45) is 1.30. The standard InChI is InChI=1S/C19H17F3N2O/c1-23-17(25)4-2-3-14-15-9-13(21)10-16(22)19(15)24-18(14)11-5-7-12(20)8-6-11/h5-10,24H,2-4H2,1H3,(H,23,25). The van der Waals surface area contributed by atoms with Gasteiger partial charge in [-0.3, -0.25) is 4.79 Å². The summed E-state index contributed by atoms with van der Waals surface area (Å²) in [5.41, 5.74) is 2.20. The van der Waals surface area contributed by atoms with E-state index in [1.807, 2.05) is 0 Å². The highest BCUT2D eigenvalue weighted by Gasteiger charge is 2.17. The second kappa shape index (κ2) is 7.01. The molecule has 0 saturated carbocycles. The Balaban J connectivity index is 2.07. The second-order valence-electron chi connectivity index (χ2n) is 5.82. The van der Waals surface area contributed by atoms with E-state index >= 15 is 0 Å². The van der Waals surface area contributed by atoms with Gasteiger partial charge >= 0.3 is 0 Å². The first kappa shape index (κ1) is 17.1. The molecule has 6 heteroatoms. The molecule has 0 bridgehead atoms. The predicted octanol–water partition coefficient (Wildman–Crippen LogP) is 4.32. The van der Waals surface area contributed by atoms with Gasteiger partial charge in [-0.25, -0.2) is 13.2 Å². The largest absolute Gasteiger partial charge is 0.359 e. The molecule has 1 amide bonds. The number of aromatic nitrogens is 1. The number of carbonyl (C=O) groups excluding carboxylic acids is 1. The lowest BCUT2D eigenvalue weighted by Crippen LogP contribution is -2.17.